The number of urea groups is 1. The van der Waals surface area contributed by atoms with Gasteiger partial charge in [0.15, 0.2) is 0 Å². The standard InChI is InChI=1S/C25H25N5O4/c1-14(31)26-15-6-4-7-16(12-15)30-24(33)21(29-25(30)34)13-22(32)27-20-11-5-9-18-17-8-2-3-10-19(17)28-23(18)20/h2-4,6-8,10,12,20-21,28H,5,9,11,13H2,1H3,(H,26,31)(H,27,32)(H,29,34)/t20?,21-/m0/s1. The number of nitrogens with zero attached hydrogens (tertiary/aromatic N) is 1. The van der Waals surface area contributed by atoms with E-state index in [1.54, 1.807) is 24.3 Å². The van der Waals surface area contributed by atoms with Gasteiger partial charge in [-0.2, -0.15) is 0 Å². The van der Waals surface area contributed by atoms with Crippen LogP contribution in [0.25, 0.3) is 10.9 Å². The molecule has 0 radical (unpaired) electrons. The fourth-order valence-corrected chi connectivity index (χ4v) is 4.84. The maximum absolute atomic E-state index is 13.0. The van der Waals surface area contributed by atoms with E-state index in [1.165, 1.54) is 17.9 Å². The Hall–Kier alpha value is -4.14. The number of carbonyl (C=O) groups is 4. The van der Waals surface area contributed by atoms with Gasteiger partial charge in [0.25, 0.3) is 5.91 Å². The number of hydrogen-bond acceptors (Lipinski definition) is 4. The number of aryl methyl sites for hydroxylation is 1. The minimum atomic E-state index is -0.956. The molecule has 2 aromatic carbocycles. The number of rotatable bonds is 5. The van der Waals surface area contributed by atoms with Crippen molar-refractivity contribution in [2.24, 2.45) is 0 Å². The number of anilines is 2. The minimum absolute atomic E-state index is 0.154. The van der Waals surface area contributed by atoms with Crippen molar-refractivity contribution in [3.63, 3.8) is 0 Å². The molecule has 1 aromatic heterocycles. The number of aromatic nitrogens is 1. The number of hydrogen-bond donors (Lipinski definition) is 4. The first-order chi connectivity index (χ1) is 16.4. The van der Waals surface area contributed by atoms with Crippen LogP contribution in [-0.2, 0) is 20.8 Å². The molecule has 0 bridgehead atoms. The average Bonchev–Trinajstić information content (AvgIpc) is 3.31. The second-order valence-corrected chi connectivity index (χ2v) is 8.69. The van der Waals surface area contributed by atoms with E-state index in [9.17, 15) is 19.2 Å². The van der Waals surface area contributed by atoms with E-state index in [0.717, 1.165) is 35.4 Å². The summed E-state index contributed by atoms with van der Waals surface area (Å²) in [5.74, 6) is -1.07. The molecule has 9 heteroatoms. The molecule has 9 nitrogen and oxygen atoms in total. The maximum atomic E-state index is 13.0. The lowest BCUT2D eigenvalue weighted by Crippen LogP contribution is -2.38. The predicted molar refractivity (Wildman–Crippen MR) is 127 cm³/mol. The zero-order valence-corrected chi connectivity index (χ0v) is 18.7. The fraction of sp³-hybridized carbons (Fsp3) is 0.280. The number of imide groups is 1. The first-order valence-corrected chi connectivity index (χ1v) is 11.3. The summed E-state index contributed by atoms with van der Waals surface area (Å²) >= 11 is 0. The molecule has 1 unspecified atom stereocenters. The molecule has 5 rings (SSSR count). The van der Waals surface area contributed by atoms with Crippen LogP contribution in [0.1, 0.15) is 43.5 Å². The summed E-state index contributed by atoms with van der Waals surface area (Å²) in [5.41, 5.74) is 4.08. The van der Waals surface area contributed by atoms with Crippen molar-refractivity contribution < 1.29 is 19.2 Å². The van der Waals surface area contributed by atoms with Crippen LogP contribution in [0.5, 0.6) is 0 Å². The van der Waals surface area contributed by atoms with E-state index in [2.05, 4.69) is 27.0 Å². The second kappa shape index (κ2) is 8.66. The molecule has 34 heavy (non-hydrogen) atoms. The lowest BCUT2D eigenvalue weighted by Gasteiger charge is -2.24. The van der Waals surface area contributed by atoms with Gasteiger partial charge in [-0.25, -0.2) is 9.69 Å². The topological polar surface area (TPSA) is 123 Å². The normalized spacial score (nSPS) is 19.6. The lowest BCUT2D eigenvalue weighted by atomic mass is 9.91. The minimum Gasteiger partial charge on any atom is -0.356 e. The molecule has 2 atom stereocenters. The van der Waals surface area contributed by atoms with Crippen molar-refractivity contribution in [3.05, 3.63) is 59.8 Å². The van der Waals surface area contributed by atoms with Gasteiger partial charge in [0.2, 0.25) is 11.8 Å². The monoisotopic (exact) mass is 459 g/mol. The maximum Gasteiger partial charge on any atom is 0.329 e. The molecule has 1 aliphatic carbocycles. The molecule has 174 valence electrons. The summed E-state index contributed by atoms with van der Waals surface area (Å²) < 4.78 is 0. The molecule has 1 saturated heterocycles. The molecule has 4 N–H and O–H groups in total. The first-order valence-electron chi connectivity index (χ1n) is 11.3. The zero-order valence-electron chi connectivity index (χ0n) is 18.7. The van der Waals surface area contributed by atoms with Crippen LogP contribution in [0.2, 0.25) is 0 Å². The fourth-order valence-electron chi connectivity index (χ4n) is 4.84. The highest BCUT2D eigenvalue weighted by Crippen LogP contribution is 2.34. The van der Waals surface area contributed by atoms with Crippen LogP contribution >= 0.6 is 0 Å². The highest BCUT2D eigenvalue weighted by Gasteiger charge is 2.40. The summed E-state index contributed by atoms with van der Waals surface area (Å²) in [7, 11) is 0. The van der Waals surface area contributed by atoms with E-state index >= 15 is 0 Å². The van der Waals surface area contributed by atoms with E-state index in [4.69, 9.17) is 0 Å². The van der Waals surface area contributed by atoms with Crippen LogP contribution in [0.3, 0.4) is 0 Å². The van der Waals surface area contributed by atoms with Gasteiger partial charge >= 0.3 is 6.03 Å². The van der Waals surface area contributed by atoms with Gasteiger partial charge in [-0.15, -0.1) is 0 Å². The number of amides is 5. The van der Waals surface area contributed by atoms with Crippen molar-refractivity contribution in [1.29, 1.82) is 0 Å². The van der Waals surface area contributed by atoms with Gasteiger partial charge < -0.3 is 20.9 Å². The van der Waals surface area contributed by atoms with Crippen LogP contribution in [0.4, 0.5) is 16.2 Å². The van der Waals surface area contributed by atoms with Crippen molar-refractivity contribution in [2.75, 3.05) is 10.2 Å². The van der Waals surface area contributed by atoms with Crippen molar-refractivity contribution >= 4 is 46.0 Å². The Morgan fingerprint density at radius 2 is 1.94 bits per heavy atom. The number of para-hydroxylation sites is 1. The number of fused-ring (bicyclic) bond motifs is 3. The summed E-state index contributed by atoms with van der Waals surface area (Å²) in [6.45, 7) is 1.38. The molecule has 5 amide bonds. The van der Waals surface area contributed by atoms with Crippen molar-refractivity contribution in [2.45, 2.75) is 44.7 Å². The molecule has 0 spiro atoms. The number of aromatic amines is 1. The highest BCUT2D eigenvalue weighted by atomic mass is 16.2. The quantitative estimate of drug-likeness (QED) is 0.438. The number of benzene rings is 2. The molecule has 0 saturated carbocycles. The Balaban J connectivity index is 1.28. The van der Waals surface area contributed by atoms with Crippen LogP contribution in [-0.4, -0.2) is 34.8 Å². The molecule has 1 fully saturated rings. The zero-order chi connectivity index (χ0) is 23.8. The van der Waals surface area contributed by atoms with E-state index in [-0.39, 0.29) is 24.3 Å². The third-order valence-corrected chi connectivity index (χ3v) is 6.28. The summed E-state index contributed by atoms with van der Waals surface area (Å²) in [6.07, 6.45) is 2.56. The smallest absolute Gasteiger partial charge is 0.329 e. The molecular weight excluding hydrogens is 434 g/mol. The van der Waals surface area contributed by atoms with Gasteiger partial charge in [0.05, 0.1) is 18.2 Å². The highest BCUT2D eigenvalue weighted by molar-refractivity contribution is 6.22. The second-order valence-electron chi connectivity index (χ2n) is 8.69. The summed E-state index contributed by atoms with van der Waals surface area (Å²) in [5, 5.41) is 9.45. The number of nitrogens with one attached hydrogen (secondary N) is 4. The van der Waals surface area contributed by atoms with E-state index in [1.807, 2.05) is 18.2 Å². The number of H-pyrrole nitrogens is 1. The van der Waals surface area contributed by atoms with E-state index < -0.39 is 18.0 Å². The summed E-state index contributed by atoms with van der Waals surface area (Å²) in [6, 6.07) is 12.8. The molecule has 2 aliphatic rings. The molecule has 3 aromatic rings. The van der Waals surface area contributed by atoms with Crippen molar-refractivity contribution in [1.82, 2.24) is 15.6 Å². The first kappa shape index (κ1) is 21.7. The van der Waals surface area contributed by atoms with Crippen LogP contribution < -0.4 is 20.9 Å². The van der Waals surface area contributed by atoms with Gasteiger partial charge in [-0.05, 0) is 49.1 Å². The van der Waals surface area contributed by atoms with Crippen molar-refractivity contribution in [3.8, 4) is 0 Å². The third kappa shape index (κ3) is 4.00. The Kier molecular flexibility index (Phi) is 5.53. The SMILES string of the molecule is CC(=O)Nc1cccc(N2C(=O)N[C@@H](CC(=O)NC3CCCc4c3[nH]c3ccccc43)C2=O)c1. The van der Waals surface area contributed by atoms with E-state index in [0.29, 0.717) is 11.4 Å². The predicted octanol–water partition coefficient (Wildman–Crippen LogP) is 3.14. The summed E-state index contributed by atoms with van der Waals surface area (Å²) in [4.78, 5) is 54.1. The third-order valence-electron chi connectivity index (χ3n) is 6.28. The lowest BCUT2D eigenvalue weighted by molar-refractivity contribution is -0.126. The van der Waals surface area contributed by atoms with Gasteiger partial charge in [-0.3, -0.25) is 14.4 Å². The largest absolute Gasteiger partial charge is 0.356 e. The Morgan fingerprint density at radius 1 is 1.12 bits per heavy atom. The van der Waals surface area contributed by atoms with Crippen LogP contribution in [0, 0.1) is 0 Å². The number of carbonyl (C=O) groups excluding carboxylic acids is 4. The molecular formula is C25H25N5O4. The van der Waals surface area contributed by atoms with Gasteiger partial charge in [-0.1, -0.05) is 24.3 Å². The Morgan fingerprint density at radius 3 is 2.76 bits per heavy atom. The Bertz CT molecular complexity index is 1310. The Labute approximate surface area is 195 Å². The molecule has 2 heterocycles. The van der Waals surface area contributed by atoms with Gasteiger partial charge in [0, 0.05) is 29.2 Å². The molecule has 1 aliphatic heterocycles. The van der Waals surface area contributed by atoms with Crippen LogP contribution in [0.15, 0.2) is 48.5 Å². The average molecular weight is 460 g/mol. The van der Waals surface area contributed by atoms with Gasteiger partial charge in [0.1, 0.15) is 6.04 Å².